The first kappa shape index (κ1) is 18.0. The molecule has 3 aromatic rings. The minimum Gasteiger partial charge on any atom is -0.439 e. The fourth-order valence-corrected chi connectivity index (χ4v) is 2.33. The van der Waals surface area contributed by atoms with Gasteiger partial charge in [-0.1, -0.05) is 18.2 Å². The normalized spacial score (nSPS) is 10.3. The van der Waals surface area contributed by atoms with E-state index in [0.29, 0.717) is 5.56 Å². The van der Waals surface area contributed by atoms with Gasteiger partial charge >= 0.3 is 0 Å². The molecule has 0 aliphatic rings. The Bertz CT molecular complexity index is 994. The first-order valence-electron chi connectivity index (χ1n) is 7.93. The largest absolute Gasteiger partial charge is 0.439 e. The summed E-state index contributed by atoms with van der Waals surface area (Å²) in [5.74, 6) is -0.411. The lowest BCUT2D eigenvalue weighted by Gasteiger charge is -2.11. The number of nitrogens with zero attached hydrogens (tertiary/aromatic N) is 2. The molecular weight excluding hydrogens is 353 g/mol. The van der Waals surface area contributed by atoms with Gasteiger partial charge in [-0.3, -0.25) is 14.9 Å². The number of nitro groups is 1. The van der Waals surface area contributed by atoms with Gasteiger partial charge in [-0.05, 0) is 24.3 Å². The summed E-state index contributed by atoms with van der Waals surface area (Å²) in [6.07, 6.45) is 1.51. The molecule has 27 heavy (non-hydrogen) atoms. The number of ether oxygens (including phenoxy) is 1. The van der Waals surface area contributed by atoms with Crippen LogP contribution in [0, 0.1) is 15.9 Å². The van der Waals surface area contributed by atoms with Gasteiger partial charge in [0.1, 0.15) is 11.6 Å². The van der Waals surface area contributed by atoms with Gasteiger partial charge in [-0.2, -0.15) is 0 Å². The van der Waals surface area contributed by atoms with Crippen LogP contribution in [0.3, 0.4) is 0 Å². The van der Waals surface area contributed by atoms with E-state index in [-0.39, 0.29) is 29.4 Å². The predicted molar refractivity (Wildman–Crippen MR) is 95.0 cm³/mol. The molecule has 1 aromatic heterocycles. The molecule has 0 radical (unpaired) electrons. The molecule has 136 valence electrons. The molecule has 8 heteroatoms. The number of carbonyl (C=O) groups excluding carboxylic acids is 1. The third-order valence-corrected chi connectivity index (χ3v) is 3.62. The molecule has 1 heterocycles. The summed E-state index contributed by atoms with van der Waals surface area (Å²) in [7, 11) is 0. The number of amides is 1. The molecule has 0 unspecified atom stereocenters. The summed E-state index contributed by atoms with van der Waals surface area (Å²) >= 11 is 0. The number of hydrogen-bond acceptors (Lipinski definition) is 5. The summed E-state index contributed by atoms with van der Waals surface area (Å²) in [6.45, 7) is 0.0833. The molecule has 2 aromatic carbocycles. The average molecular weight is 367 g/mol. The molecule has 0 aliphatic heterocycles. The third kappa shape index (κ3) is 4.63. The summed E-state index contributed by atoms with van der Waals surface area (Å²) in [6, 6.07) is 14.4. The Balaban J connectivity index is 1.72. The highest BCUT2D eigenvalue weighted by atomic mass is 19.1. The van der Waals surface area contributed by atoms with Gasteiger partial charge in [0.2, 0.25) is 5.88 Å². The molecule has 0 spiro atoms. The van der Waals surface area contributed by atoms with Crippen LogP contribution in [0.15, 0.2) is 66.9 Å². The molecule has 0 atom stereocenters. The van der Waals surface area contributed by atoms with Gasteiger partial charge in [-0.15, -0.1) is 0 Å². The SMILES string of the molecule is O=C(NCc1cccnc1Oc1cccc(F)c1)c1cccc([N+](=O)[O-])c1. The second-order valence-corrected chi connectivity index (χ2v) is 5.52. The number of aromatic nitrogens is 1. The number of nitro benzene ring substituents is 1. The van der Waals surface area contributed by atoms with E-state index >= 15 is 0 Å². The predicted octanol–water partition coefficient (Wildman–Crippen LogP) is 3.85. The van der Waals surface area contributed by atoms with Crippen molar-refractivity contribution in [2.45, 2.75) is 6.54 Å². The Kier molecular flexibility index (Phi) is 5.36. The van der Waals surface area contributed by atoms with Crippen LogP contribution >= 0.6 is 0 Å². The second-order valence-electron chi connectivity index (χ2n) is 5.52. The minimum absolute atomic E-state index is 0.0833. The molecule has 7 nitrogen and oxygen atoms in total. The first-order chi connectivity index (χ1) is 13.0. The lowest BCUT2D eigenvalue weighted by Crippen LogP contribution is -2.23. The van der Waals surface area contributed by atoms with Crippen molar-refractivity contribution in [1.29, 1.82) is 0 Å². The summed E-state index contributed by atoms with van der Waals surface area (Å²) in [4.78, 5) is 26.6. The number of halogens is 1. The minimum atomic E-state index is -0.567. The molecular formula is C19H14FN3O4. The van der Waals surface area contributed by atoms with Gasteiger partial charge in [0.25, 0.3) is 11.6 Å². The Morgan fingerprint density at radius 1 is 1.15 bits per heavy atom. The number of carbonyl (C=O) groups is 1. The average Bonchev–Trinajstić information content (AvgIpc) is 2.67. The number of hydrogen-bond donors (Lipinski definition) is 1. The number of non-ortho nitro benzene ring substituents is 1. The van der Waals surface area contributed by atoms with Crippen molar-refractivity contribution in [2.75, 3.05) is 0 Å². The highest BCUT2D eigenvalue weighted by Crippen LogP contribution is 2.23. The van der Waals surface area contributed by atoms with E-state index in [0.717, 1.165) is 0 Å². The van der Waals surface area contributed by atoms with E-state index in [2.05, 4.69) is 10.3 Å². The monoisotopic (exact) mass is 367 g/mol. The number of benzene rings is 2. The highest BCUT2D eigenvalue weighted by molar-refractivity contribution is 5.94. The van der Waals surface area contributed by atoms with E-state index in [9.17, 15) is 19.3 Å². The van der Waals surface area contributed by atoms with Crippen LogP contribution in [0.5, 0.6) is 11.6 Å². The zero-order chi connectivity index (χ0) is 19.2. The second kappa shape index (κ2) is 8.05. The van der Waals surface area contributed by atoms with Crippen LogP contribution in [0.2, 0.25) is 0 Å². The van der Waals surface area contributed by atoms with Crippen LogP contribution in [-0.4, -0.2) is 15.8 Å². The van der Waals surface area contributed by atoms with Crippen LogP contribution in [0.4, 0.5) is 10.1 Å². The van der Waals surface area contributed by atoms with E-state index in [1.54, 1.807) is 18.2 Å². The Labute approximate surface area is 153 Å². The van der Waals surface area contributed by atoms with Gasteiger partial charge < -0.3 is 10.1 Å². The zero-order valence-corrected chi connectivity index (χ0v) is 14.0. The summed E-state index contributed by atoms with van der Waals surface area (Å²) in [5, 5.41) is 13.5. The first-order valence-corrected chi connectivity index (χ1v) is 7.93. The molecule has 0 fully saturated rings. The highest BCUT2D eigenvalue weighted by Gasteiger charge is 2.13. The zero-order valence-electron chi connectivity index (χ0n) is 14.0. The molecule has 0 bridgehead atoms. The summed E-state index contributed by atoms with van der Waals surface area (Å²) < 4.78 is 18.9. The van der Waals surface area contributed by atoms with Crippen molar-refractivity contribution in [2.24, 2.45) is 0 Å². The fraction of sp³-hybridized carbons (Fsp3) is 0.0526. The van der Waals surface area contributed by atoms with Crippen LogP contribution in [0.25, 0.3) is 0 Å². The number of pyridine rings is 1. The van der Waals surface area contributed by atoms with Crippen LogP contribution in [0.1, 0.15) is 15.9 Å². The Hall–Kier alpha value is -3.81. The van der Waals surface area contributed by atoms with Gasteiger partial charge in [0, 0.05) is 42.1 Å². The van der Waals surface area contributed by atoms with Crippen molar-refractivity contribution < 1.29 is 18.8 Å². The maximum atomic E-state index is 13.3. The third-order valence-electron chi connectivity index (χ3n) is 3.62. The topological polar surface area (TPSA) is 94.4 Å². The van der Waals surface area contributed by atoms with Crippen molar-refractivity contribution in [1.82, 2.24) is 10.3 Å². The molecule has 0 saturated heterocycles. The molecule has 1 N–H and O–H groups in total. The number of rotatable bonds is 6. The van der Waals surface area contributed by atoms with E-state index in [1.807, 2.05) is 0 Å². The van der Waals surface area contributed by atoms with Gasteiger partial charge in [0.05, 0.1) is 4.92 Å². The van der Waals surface area contributed by atoms with Crippen LogP contribution < -0.4 is 10.1 Å². The van der Waals surface area contributed by atoms with E-state index in [1.165, 1.54) is 48.7 Å². The summed E-state index contributed by atoms with van der Waals surface area (Å²) in [5.41, 5.74) is 0.570. The molecule has 1 amide bonds. The maximum Gasteiger partial charge on any atom is 0.270 e. The van der Waals surface area contributed by atoms with E-state index in [4.69, 9.17) is 4.74 Å². The maximum absolute atomic E-state index is 13.3. The van der Waals surface area contributed by atoms with Crippen molar-refractivity contribution in [3.63, 3.8) is 0 Å². The Morgan fingerprint density at radius 2 is 1.96 bits per heavy atom. The smallest absolute Gasteiger partial charge is 0.270 e. The standard InChI is InChI=1S/C19H14FN3O4/c20-15-6-2-8-17(11-15)27-19-14(5-3-9-21-19)12-22-18(24)13-4-1-7-16(10-13)23(25)26/h1-11H,12H2,(H,22,24). The quantitative estimate of drug-likeness (QED) is 0.527. The van der Waals surface area contributed by atoms with Gasteiger partial charge in [-0.25, -0.2) is 9.37 Å². The molecule has 0 saturated carbocycles. The number of nitrogens with one attached hydrogen (secondary N) is 1. The van der Waals surface area contributed by atoms with Crippen molar-refractivity contribution >= 4 is 11.6 Å². The lowest BCUT2D eigenvalue weighted by molar-refractivity contribution is -0.384. The van der Waals surface area contributed by atoms with Gasteiger partial charge in [0.15, 0.2) is 0 Å². The molecule has 0 aliphatic carbocycles. The van der Waals surface area contributed by atoms with E-state index < -0.39 is 16.6 Å². The van der Waals surface area contributed by atoms with Crippen molar-refractivity contribution in [3.8, 4) is 11.6 Å². The van der Waals surface area contributed by atoms with Crippen molar-refractivity contribution in [3.05, 3.63) is 93.9 Å². The van der Waals surface area contributed by atoms with Crippen LogP contribution in [-0.2, 0) is 6.54 Å². The molecule has 3 rings (SSSR count). The fourth-order valence-electron chi connectivity index (χ4n) is 2.33. The Morgan fingerprint density at radius 3 is 2.74 bits per heavy atom. The lowest BCUT2D eigenvalue weighted by atomic mass is 10.2.